The minimum atomic E-state index is -0.224. The van der Waals surface area contributed by atoms with Crippen molar-refractivity contribution in [1.29, 1.82) is 0 Å². The number of aromatic amines is 1. The van der Waals surface area contributed by atoms with Crippen LogP contribution in [0.25, 0.3) is 11.3 Å². The standard InChI is InChI=1S/C13H14FN3.2ClH/c14-10-4-1-3-9(7-10)12-8-16-13(17-12)11-5-2-6-15-11;;/h1,3-4,7-8,11,15H,2,5-6H2,(H,16,17);2*1H. The van der Waals surface area contributed by atoms with Crippen molar-refractivity contribution in [3.63, 3.8) is 0 Å². The van der Waals surface area contributed by atoms with Gasteiger partial charge in [-0.3, -0.25) is 0 Å². The summed E-state index contributed by atoms with van der Waals surface area (Å²) in [7, 11) is 0. The van der Waals surface area contributed by atoms with Crippen LogP contribution in [-0.2, 0) is 0 Å². The van der Waals surface area contributed by atoms with Crippen LogP contribution in [0.2, 0.25) is 0 Å². The lowest BCUT2D eigenvalue weighted by Gasteiger charge is -2.05. The topological polar surface area (TPSA) is 40.7 Å². The maximum Gasteiger partial charge on any atom is 0.123 e. The Bertz CT molecular complexity index is 524. The number of imidazole rings is 1. The van der Waals surface area contributed by atoms with Crippen LogP contribution < -0.4 is 5.32 Å². The maximum atomic E-state index is 13.1. The average molecular weight is 304 g/mol. The number of benzene rings is 1. The minimum absolute atomic E-state index is 0. The largest absolute Gasteiger partial charge is 0.341 e. The molecule has 6 heteroatoms. The molecule has 1 aromatic carbocycles. The Morgan fingerprint density at radius 2 is 2.11 bits per heavy atom. The summed E-state index contributed by atoms with van der Waals surface area (Å²) in [6.07, 6.45) is 4.06. The predicted molar refractivity (Wildman–Crippen MR) is 78.5 cm³/mol. The van der Waals surface area contributed by atoms with Crippen LogP contribution in [0.4, 0.5) is 4.39 Å². The van der Waals surface area contributed by atoms with Crippen molar-refractivity contribution in [3.8, 4) is 11.3 Å². The molecule has 0 radical (unpaired) electrons. The van der Waals surface area contributed by atoms with E-state index in [1.807, 2.05) is 6.07 Å². The van der Waals surface area contributed by atoms with Gasteiger partial charge >= 0.3 is 0 Å². The summed E-state index contributed by atoms with van der Waals surface area (Å²) in [5.41, 5.74) is 1.70. The van der Waals surface area contributed by atoms with Gasteiger partial charge in [0.05, 0.1) is 17.9 Å². The van der Waals surface area contributed by atoms with Crippen molar-refractivity contribution in [1.82, 2.24) is 15.3 Å². The SMILES string of the molecule is Cl.Cl.Fc1cccc(-c2cnc(C3CCCN3)[nH]2)c1. The van der Waals surface area contributed by atoms with Crippen LogP contribution in [0.1, 0.15) is 24.7 Å². The first-order valence-electron chi connectivity index (χ1n) is 5.87. The zero-order valence-corrected chi connectivity index (χ0v) is 11.9. The van der Waals surface area contributed by atoms with E-state index >= 15 is 0 Å². The van der Waals surface area contributed by atoms with Gasteiger partial charge in [-0.1, -0.05) is 12.1 Å². The Labute approximate surface area is 123 Å². The Balaban J connectivity index is 0.000000902. The number of nitrogens with one attached hydrogen (secondary N) is 2. The quantitative estimate of drug-likeness (QED) is 0.892. The van der Waals surface area contributed by atoms with Crippen molar-refractivity contribution in [2.45, 2.75) is 18.9 Å². The van der Waals surface area contributed by atoms with Crippen molar-refractivity contribution in [3.05, 3.63) is 42.1 Å². The molecule has 3 nitrogen and oxygen atoms in total. The number of H-pyrrole nitrogens is 1. The zero-order chi connectivity index (χ0) is 11.7. The van der Waals surface area contributed by atoms with E-state index in [1.54, 1.807) is 12.3 Å². The fraction of sp³-hybridized carbons (Fsp3) is 0.308. The maximum absolute atomic E-state index is 13.1. The Morgan fingerprint density at radius 3 is 2.79 bits per heavy atom. The second-order valence-corrected chi connectivity index (χ2v) is 4.34. The van der Waals surface area contributed by atoms with Crippen molar-refractivity contribution in [2.24, 2.45) is 0 Å². The molecule has 104 valence electrons. The highest BCUT2D eigenvalue weighted by Crippen LogP contribution is 2.24. The van der Waals surface area contributed by atoms with Gasteiger partial charge in [0.25, 0.3) is 0 Å². The van der Waals surface area contributed by atoms with E-state index in [2.05, 4.69) is 15.3 Å². The van der Waals surface area contributed by atoms with E-state index in [9.17, 15) is 4.39 Å². The molecule has 0 bridgehead atoms. The fourth-order valence-electron chi connectivity index (χ4n) is 2.23. The third-order valence-corrected chi connectivity index (χ3v) is 3.12. The second kappa shape index (κ2) is 6.89. The number of aromatic nitrogens is 2. The Hall–Kier alpha value is -1.10. The summed E-state index contributed by atoms with van der Waals surface area (Å²) in [4.78, 5) is 7.62. The van der Waals surface area contributed by atoms with Crippen molar-refractivity contribution in [2.75, 3.05) is 6.54 Å². The number of rotatable bonds is 2. The van der Waals surface area contributed by atoms with Gasteiger partial charge in [0.15, 0.2) is 0 Å². The Kier molecular flexibility index (Phi) is 5.79. The van der Waals surface area contributed by atoms with E-state index in [0.717, 1.165) is 30.0 Å². The highest BCUT2D eigenvalue weighted by Gasteiger charge is 2.19. The minimum Gasteiger partial charge on any atom is -0.341 e. The number of nitrogens with zero attached hydrogens (tertiary/aromatic N) is 1. The van der Waals surface area contributed by atoms with Gasteiger partial charge in [-0.2, -0.15) is 0 Å². The lowest BCUT2D eigenvalue weighted by Crippen LogP contribution is -2.14. The van der Waals surface area contributed by atoms with Gasteiger partial charge in [-0.15, -0.1) is 24.8 Å². The summed E-state index contributed by atoms with van der Waals surface area (Å²) in [6.45, 7) is 1.04. The first kappa shape index (κ1) is 16.0. The molecule has 2 heterocycles. The molecule has 2 N–H and O–H groups in total. The smallest absolute Gasteiger partial charge is 0.123 e. The Morgan fingerprint density at radius 1 is 1.26 bits per heavy atom. The monoisotopic (exact) mass is 303 g/mol. The molecule has 0 saturated carbocycles. The van der Waals surface area contributed by atoms with Crippen LogP contribution in [0.15, 0.2) is 30.5 Å². The molecule has 1 unspecified atom stereocenters. The van der Waals surface area contributed by atoms with Crippen molar-refractivity contribution >= 4 is 24.8 Å². The highest BCUT2D eigenvalue weighted by atomic mass is 35.5. The molecule has 19 heavy (non-hydrogen) atoms. The molecule has 1 fully saturated rings. The average Bonchev–Trinajstić information content (AvgIpc) is 3.00. The third-order valence-electron chi connectivity index (χ3n) is 3.12. The molecular weight excluding hydrogens is 288 g/mol. The van der Waals surface area contributed by atoms with Gasteiger partial charge in [-0.05, 0) is 31.5 Å². The molecule has 1 aliphatic rings. The zero-order valence-electron chi connectivity index (χ0n) is 10.2. The summed E-state index contributed by atoms with van der Waals surface area (Å²) in [6, 6.07) is 6.86. The summed E-state index contributed by atoms with van der Waals surface area (Å²) in [5.74, 6) is 0.722. The molecule has 2 aromatic rings. The van der Waals surface area contributed by atoms with Crippen LogP contribution >= 0.6 is 24.8 Å². The summed E-state index contributed by atoms with van der Waals surface area (Å²) < 4.78 is 13.1. The van der Waals surface area contributed by atoms with E-state index in [0.29, 0.717) is 6.04 Å². The first-order valence-corrected chi connectivity index (χ1v) is 5.87. The van der Waals surface area contributed by atoms with Gasteiger partial charge in [0, 0.05) is 5.56 Å². The summed E-state index contributed by atoms with van der Waals surface area (Å²) in [5, 5.41) is 3.38. The van der Waals surface area contributed by atoms with Gasteiger partial charge in [-0.25, -0.2) is 9.37 Å². The highest BCUT2D eigenvalue weighted by molar-refractivity contribution is 5.85. The van der Waals surface area contributed by atoms with Crippen molar-refractivity contribution < 1.29 is 4.39 Å². The van der Waals surface area contributed by atoms with Gasteiger partial charge < -0.3 is 10.3 Å². The first-order chi connectivity index (χ1) is 8.33. The summed E-state index contributed by atoms with van der Waals surface area (Å²) >= 11 is 0. The third kappa shape index (κ3) is 3.47. The lowest BCUT2D eigenvalue weighted by molar-refractivity contribution is 0.612. The molecule has 1 saturated heterocycles. The molecule has 1 atom stereocenters. The predicted octanol–water partition coefficient (Wildman–Crippen LogP) is 3.48. The van der Waals surface area contributed by atoms with E-state index in [4.69, 9.17) is 0 Å². The van der Waals surface area contributed by atoms with Crippen LogP contribution in [0.5, 0.6) is 0 Å². The molecular formula is C13H16Cl2FN3. The molecule has 0 aliphatic carbocycles. The normalized spacial score (nSPS) is 17.6. The molecule has 1 aliphatic heterocycles. The van der Waals surface area contributed by atoms with Crippen LogP contribution in [-0.4, -0.2) is 16.5 Å². The number of hydrogen-bond donors (Lipinski definition) is 2. The van der Waals surface area contributed by atoms with Gasteiger partial charge in [0.1, 0.15) is 11.6 Å². The molecule has 0 spiro atoms. The van der Waals surface area contributed by atoms with Gasteiger partial charge in [0.2, 0.25) is 0 Å². The fourth-order valence-corrected chi connectivity index (χ4v) is 2.23. The number of hydrogen-bond acceptors (Lipinski definition) is 2. The van der Waals surface area contributed by atoms with E-state index in [-0.39, 0.29) is 30.6 Å². The molecule has 0 amide bonds. The molecule has 1 aromatic heterocycles. The second-order valence-electron chi connectivity index (χ2n) is 4.34. The van der Waals surface area contributed by atoms with E-state index in [1.165, 1.54) is 18.6 Å². The van der Waals surface area contributed by atoms with Crippen LogP contribution in [0, 0.1) is 5.82 Å². The van der Waals surface area contributed by atoms with E-state index < -0.39 is 0 Å². The lowest BCUT2D eigenvalue weighted by atomic mass is 10.2. The molecule has 3 rings (SSSR count). The number of halogens is 3. The van der Waals surface area contributed by atoms with Crippen LogP contribution in [0.3, 0.4) is 0 Å².